The van der Waals surface area contributed by atoms with Crippen molar-refractivity contribution < 1.29 is 15.0 Å². The minimum absolute atomic E-state index is 0.138. The second-order valence-electron chi connectivity index (χ2n) is 4.55. The first-order valence-electron chi connectivity index (χ1n) is 6.67. The summed E-state index contributed by atoms with van der Waals surface area (Å²) in [6.45, 7) is 2.54. The fourth-order valence-electron chi connectivity index (χ4n) is 1.99. The lowest BCUT2D eigenvalue weighted by molar-refractivity contribution is 0.0697. The molecule has 110 valence electrons. The summed E-state index contributed by atoms with van der Waals surface area (Å²) in [5.74, 6) is -0.415. The number of hydrogen-bond acceptors (Lipinski definition) is 5. The van der Waals surface area contributed by atoms with Crippen LogP contribution < -0.4 is 4.90 Å². The number of benzene rings is 1. The Labute approximate surface area is 122 Å². The Bertz CT molecular complexity index is 631. The Morgan fingerprint density at radius 2 is 2.14 bits per heavy atom. The fraction of sp³-hybridized carbons (Fsp3) is 0.267. The van der Waals surface area contributed by atoms with Gasteiger partial charge in [0.15, 0.2) is 0 Å². The maximum atomic E-state index is 11.0. The number of carbonyl (C=O) groups is 1. The number of aromatic nitrogens is 2. The quantitative estimate of drug-likeness (QED) is 0.790. The predicted octanol–water partition coefficient (Wildman–Crippen LogP) is 2.01. The van der Waals surface area contributed by atoms with E-state index in [0.717, 1.165) is 6.42 Å². The smallest absolute Gasteiger partial charge is 0.335 e. The zero-order chi connectivity index (χ0) is 15.2. The summed E-state index contributed by atoms with van der Waals surface area (Å²) < 4.78 is 0. The first-order valence-corrected chi connectivity index (χ1v) is 6.67. The van der Waals surface area contributed by atoms with Crippen LogP contribution in [0.2, 0.25) is 0 Å². The van der Waals surface area contributed by atoms with E-state index in [1.54, 1.807) is 35.5 Å². The van der Waals surface area contributed by atoms with Gasteiger partial charge in [-0.25, -0.2) is 9.78 Å². The van der Waals surface area contributed by atoms with Crippen molar-refractivity contribution >= 4 is 11.8 Å². The summed E-state index contributed by atoms with van der Waals surface area (Å²) in [5, 5.41) is 18.4. The second-order valence-corrected chi connectivity index (χ2v) is 4.55. The molecular formula is C15H17N3O3. The van der Waals surface area contributed by atoms with Crippen molar-refractivity contribution in [3.63, 3.8) is 0 Å². The van der Waals surface area contributed by atoms with Gasteiger partial charge in [0.1, 0.15) is 12.5 Å². The van der Waals surface area contributed by atoms with Crippen molar-refractivity contribution in [3.05, 3.63) is 42.2 Å². The van der Waals surface area contributed by atoms with Gasteiger partial charge in [-0.15, -0.1) is 0 Å². The Hall–Kier alpha value is -2.47. The maximum Gasteiger partial charge on any atom is 0.335 e. The van der Waals surface area contributed by atoms with Gasteiger partial charge in [-0.3, -0.25) is 4.98 Å². The highest BCUT2D eigenvalue weighted by Crippen LogP contribution is 2.20. The Morgan fingerprint density at radius 1 is 1.33 bits per heavy atom. The molecule has 1 heterocycles. The molecule has 6 heteroatoms. The van der Waals surface area contributed by atoms with Gasteiger partial charge in [-0.2, -0.15) is 0 Å². The molecule has 0 fully saturated rings. The monoisotopic (exact) mass is 287 g/mol. The molecule has 0 aliphatic carbocycles. The highest BCUT2D eigenvalue weighted by molar-refractivity contribution is 5.89. The minimum Gasteiger partial charge on any atom is -0.478 e. The van der Waals surface area contributed by atoms with E-state index in [9.17, 15) is 9.90 Å². The average molecular weight is 287 g/mol. The molecule has 0 saturated carbocycles. The van der Waals surface area contributed by atoms with Crippen molar-refractivity contribution in [1.82, 2.24) is 9.97 Å². The normalized spacial score (nSPS) is 10.4. The van der Waals surface area contributed by atoms with Gasteiger partial charge in [-0.1, -0.05) is 19.1 Å². The Morgan fingerprint density at radius 3 is 2.81 bits per heavy atom. The summed E-state index contributed by atoms with van der Waals surface area (Å²) in [6.07, 6.45) is 4.03. The Kier molecular flexibility index (Phi) is 4.84. The van der Waals surface area contributed by atoms with Gasteiger partial charge >= 0.3 is 5.97 Å². The van der Waals surface area contributed by atoms with Crippen LogP contribution in [0.1, 0.15) is 23.7 Å². The number of aliphatic hydroxyl groups is 1. The molecule has 6 nitrogen and oxygen atoms in total. The number of aliphatic hydroxyl groups excluding tert-OH is 1. The average Bonchev–Trinajstić information content (AvgIpc) is 2.53. The molecule has 21 heavy (non-hydrogen) atoms. The first-order chi connectivity index (χ1) is 10.2. The second kappa shape index (κ2) is 6.81. The van der Waals surface area contributed by atoms with E-state index >= 15 is 0 Å². The number of anilines is 1. The molecule has 0 aliphatic rings. The number of rotatable bonds is 6. The van der Waals surface area contributed by atoms with Crippen molar-refractivity contribution in [2.45, 2.75) is 13.3 Å². The molecule has 0 spiro atoms. The van der Waals surface area contributed by atoms with E-state index < -0.39 is 5.97 Å². The summed E-state index contributed by atoms with van der Waals surface area (Å²) >= 11 is 0. The van der Waals surface area contributed by atoms with Crippen molar-refractivity contribution in [3.8, 4) is 11.3 Å². The zero-order valence-electron chi connectivity index (χ0n) is 11.7. The standard InChI is InChI=1S/C15H17N3O3/c1-2-6-18(10-19)14-9-16-8-13(17-14)11-4-3-5-12(7-11)15(20)21/h3-5,7-9,19H,2,6,10H2,1H3,(H,20,21). The third kappa shape index (κ3) is 3.55. The fourth-order valence-corrected chi connectivity index (χ4v) is 1.99. The van der Waals surface area contributed by atoms with Crippen LogP contribution in [0, 0.1) is 0 Å². The first kappa shape index (κ1) is 14.9. The molecule has 0 atom stereocenters. The molecule has 0 bridgehead atoms. The van der Waals surface area contributed by atoms with Gasteiger partial charge in [0, 0.05) is 12.1 Å². The Balaban J connectivity index is 2.36. The third-order valence-electron chi connectivity index (χ3n) is 3.02. The van der Waals surface area contributed by atoms with E-state index in [2.05, 4.69) is 9.97 Å². The zero-order valence-corrected chi connectivity index (χ0v) is 11.7. The van der Waals surface area contributed by atoms with Gasteiger partial charge < -0.3 is 15.1 Å². The molecule has 0 saturated heterocycles. The number of carboxylic acid groups (broad SMARTS) is 1. The van der Waals surface area contributed by atoms with Crippen LogP contribution >= 0.6 is 0 Å². The lowest BCUT2D eigenvalue weighted by Gasteiger charge is -2.20. The molecule has 2 N–H and O–H groups in total. The van der Waals surface area contributed by atoms with Crippen LogP contribution in [0.25, 0.3) is 11.3 Å². The highest BCUT2D eigenvalue weighted by atomic mass is 16.4. The van der Waals surface area contributed by atoms with Crippen LogP contribution in [-0.2, 0) is 0 Å². The summed E-state index contributed by atoms with van der Waals surface area (Å²) in [6, 6.07) is 6.53. The van der Waals surface area contributed by atoms with Crippen LogP contribution in [-0.4, -0.2) is 39.4 Å². The summed E-state index contributed by atoms with van der Waals surface area (Å²) in [4.78, 5) is 21.3. The molecule has 0 aliphatic heterocycles. The highest BCUT2D eigenvalue weighted by Gasteiger charge is 2.10. The largest absolute Gasteiger partial charge is 0.478 e. The molecule has 1 aromatic carbocycles. The summed E-state index contributed by atoms with van der Waals surface area (Å²) in [7, 11) is 0. The SMILES string of the molecule is CCCN(CO)c1cncc(-c2cccc(C(=O)O)c2)n1. The maximum absolute atomic E-state index is 11.0. The minimum atomic E-state index is -0.982. The number of aromatic carboxylic acids is 1. The van der Waals surface area contributed by atoms with Gasteiger partial charge in [0.05, 0.1) is 23.7 Å². The number of nitrogens with zero attached hydrogens (tertiary/aromatic N) is 3. The predicted molar refractivity (Wildman–Crippen MR) is 79.2 cm³/mol. The van der Waals surface area contributed by atoms with Gasteiger partial charge in [-0.05, 0) is 18.6 Å². The molecular weight excluding hydrogens is 270 g/mol. The van der Waals surface area contributed by atoms with Crippen LogP contribution in [0.3, 0.4) is 0 Å². The van der Waals surface area contributed by atoms with Crippen molar-refractivity contribution in [2.75, 3.05) is 18.2 Å². The molecule has 0 amide bonds. The van der Waals surface area contributed by atoms with E-state index in [1.807, 2.05) is 6.92 Å². The van der Waals surface area contributed by atoms with Crippen molar-refractivity contribution in [2.24, 2.45) is 0 Å². The van der Waals surface area contributed by atoms with E-state index in [-0.39, 0.29) is 12.3 Å². The van der Waals surface area contributed by atoms with E-state index in [1.165, 1.54) is 6.07 Å². The van der Waals surface area contributed by atoms with Gasteiger partial charge in [0.2, 0.25) is 0 Å². The lowest BCUT2D eigenvalue weighted by Crippen LogP contribution is -2.26. The molecule has 1 aromatic heterocycles. The van der Waals surface area contributed by atoms with Crippen molar-refractivity contribution in [1.29, 1.82) is 0 Å². The summed E-state index contributed by atoms with van der Waals surface area (Å²) in [5.41, 5.74) is 1.45. The van der Waals surface area contributed by atoms with Crippen LogP contribution in [0.15, 0.2) is 36.7 Å². The topological polar surface area (TPSA) is 86.5 Å². The van der Waals surface area contributed by atoms with Crippen LogP contribution in [0.4, 0.5) is 5.82 Å². The van der Waals surface area contributed by atoms with Gasteiger partial charge in [0.25, 0.3) is 0 Å². The molecule has 0 radical (unpaired) electrons. The molecule has 2 aromatic rings. The molecule has 2 rings (SSSR count). The van der Waals surface area contributed by atoms with E-state index in [0.29, 0.717) is 23.6 Å². The number of hydrogen-bond donors (Lipinski definition) is 2. The molecule has 0 unspecified atom stereocenters. The van der Waals surface area contributed by atoms with E-state index in [4.69, 9.17) is 5.11 Å². The number of carboxylic acids is 1. The van der Waals surface area contributed by atoms with Crippen LogP contribution in [0.5, 0.6) is 0 Å². The third-order valence-corrected chi connectivity index (χ3v) is 3.02. The lowest BCUT2D eigenvalue weighted by atomic mass is 10.1.